The maximum Gasteiger partial charge on any atom is 0.321 e. The number of amides is 3. The summed E-state index contributed by atoms with van der Waals surface area (Å²) >= 11 is 0. The smallest absolute Gasteiger partial charge is 0.321 e. The largest absolute Gasteiger partial charge is 0.344 e. The number of benzene rings is 2. The van der Waals surface area contributed by atoms with Gasteiger partial charge in [0.2, 0.25) is 0 Å². The molecule has 30 heavy (non-hydrogen) atoms. The van der Waals surface area contributed by atoms with Crippen LogP contribution in [0.5, 0.6) is 0 Å². The zero-order valence-electron chi connectivity index (χ0n) is 16.7. The fourth-order valence-electron chi connectivity index (χ4n) is 2.56. The maximum absolute atomic E-state index is 13.6. The van der Waals surface area contributed by atoms with E-state index in [0.717, 1.165) is 5.56 Å². The van der Waals surface area contributed by atoms with Crippen molar-refractivity contribution < 1.29 is 18.5 Å². The van der Waals surface area contributed by atoms with Crippen molar-refractivity contribution in [3.05, 3.63) is 77.2 Å². The number of nitrogens with one attached hydrogen (secondary N) is 2. The number of nitrogens with zero attached hydrogens (tertiary/aromatic N) is 3. The van der Waals surface area contributed by atoms with Gasteiger partial charge in [-0.3, -0.25) is 4.79 Å². The summed E-state index contributed by atoms with van der Waals surface area (Å²) in [5, 5.41) is 9.10. The quantitative estimate of drug-likeness (QED) is 0.622. The van der Waals surface area contributed by atoms with Crippen molar-refractivity contribution in [1.82, 2.24) is 20.4 Å². The van der Waals surface area contributed by atoms with E-state index in [9.17, 15) is 14.0 Å². The van der Waals surface area contributed by atoms with E-state index in [4.69, 9.17) is 4.52 Å². The number of halogens is 1. The summed E-state index contributed by atoms with van der Waals surface area (Å²) in [4.78, 5) is 29.8. The molecule has 2 N–H and O–H groups in total. The van der Waals surface area contributed by atoms with Crippen LogP contribution in [0.1, 0.15) is 27.6 Å². The number of hydrogen-bond donors (Lipinski definition) is 2. The van der Waals surface area contributed by atoms with E-state index in [1.807, 2.05) is 30.3 Å². The lowest BCUT2D eigenvalue weighted by Crippen LogP contribution is -2.33. The highest BCUT2D eigenvalue weighted by atomic mass is 19.1. The lowest BCUT2D eigenvalue weighted by Gasteiger charge is -2.17. The van der Waals surface area contributed by atoms with Gasteiger partial charge >= 0.3 is 17.8 Å². The van der Waals surface area contributed by atoms with Crippen molar-refractivity contribution >= 4 is 17.6 Å². The van der Waals surface area contributed by atoms with Gasteiger partial charge in [-0.05, 0) is 30.2 Å². The van der Waals surface area contributed by atoms with E-state index in [2.05, 4.69) is 20.8 Å². The Balaban J connectivity index is 1.47. The van der Waals surface area contributed by atoms with Gasteiger partial charge in [0.1, 0.15) is 5.82 Å². The third kappa shape index (κ3) is 5.63. The van der Waals surface area contributed by atoms with Crippen LogP contribution in [-0.2, 0) is 13.0 Å². The molecule has 1 heterocycles. The van der Waals surface area contributed by atoms with Crippen molar-refractivity contribution in [1.29, 1.82) is 0 Å². The summed E-state index contributed by atoms with van der Waals surface area (Å²) in [6.45, 7) is 2.28. The maximum atomic E-state index is 13.6. The Kier molecular flexibility index (Phi) is 6.74. The lowest BCUT2D eigenvalue weighted by molar-refractivity contribution is 0.0907. The molecule has 0 atom stereocenters. The number of likely N-dealkylation sites (N-methyl/N-ethyl adjacent to an activating group) is 1. The fourth-order valence-corrected chi connectivity index (χ4v) is 2.56. The summed E-state index contributed by atoms with van der Waals surface area (Å²) in [5.74, 6) is -0.686. The van der Waals surface area contributed by atoms with Crippen molar-refractivity contribution in [2.75, 3.05) is 18.9 Å². The van der Waals surface area contributed by atoms with Gasteiger partial charge < -0.3 is 20.1 Å². The first kappa shape index (κ1) is 21.0. The molecule has 0 aliphatic heterocycles. The molecule has 3 aromatic rings. The number of urea groups is 1. The van der Waals surface area contributed by atoms with E-state index >= 15 is 0 Å². The Hall–Kier alpha value is -3.75. The molecule has 0 bridgehead atoms. The molecule has 1 aromatic heterocycles. The normalized spacial score (nSPS) is 10.5. The van der Waals surface area contributed by atoms with Crippen LogP contribution < -0.4 is 10.6 Å². The van der Waals surface area contributed by atoms with E-state index in [1.165, 1.54) is 11.0 Å². The summed E-state index contributed by atoms with van der Waals surface area (Å²) in [6, 6.07) is 13.5. The Bertz CT molecular complexity index is 1020. The number of anilines is 1. The number of aryl methyl sites for hydroxylation is 1. The van der Waals surface area contributed by atoms with E-state index in [-0.39, 0.29) is 18.3 Å². The van der Waals surface area contributed by atoms with Gasteiger partial charge in [-0.1, -0.05) is 41.6 Å². The molecule has 0 spiro atoms. The fraction of sp³-hybridized carbons (Fsp3) is 0.238. The second kappa shape index (κ2) is 9.64. The minimum absolute atomic E-state index is 0.136. The summed E-state index contributed by atoms with van der Waals surface area (Å²) in [5.41, 5.74) is 1.82. The molecule has 0 aliphatic carbocycles. The predicted molar refractivity (Wildman–Crippen MR) is 108 cm³/mol. The molecule has 0 unspecified atom stereocenters. The van der Waals surface area contributed by atoms with Crippen LogP contribution >= 0.6 is 0 Å². The monoisotopic (exact) mass is 411 g/mol. The second-order valence-electron chi connectivity index (χ2n) is 6.75. The van der Waals surface area contributed by atoms with E-state index in [1.54, 1.807) is 26.1 Å². The molecular formula is C21H22FN5O3. The highest BCUT2D eigenvalue weighted by molar-refractivity contribution is 5.89. The van der Waals surface area contributed by atoms with Crippen LogP contribution in [0.4, 0.5) is 14.9 Å². The van der Waals surface area contributed by atoms with Crippen molar-refractivity contribution in [3.8, 4) is 0 Å². The van der Waals surface area contributed by atoms with Crippen LogP contribution in [0.2, 0.25) is 0 Å². The molecule has 3 rings (SSSR count). The standard InChI is InChI=1S/C21H22FN5O3/c1-14-8-9-16(12-17(14)22)24-21(29)27(2)11-10-18-25-20(30-26-18)19(28)23-13-15-6-4-3-5-7-15/h3-9,12H,10-11,13H2,1-2H3,(H,23,28)(H,24,29). The second-order valence-corrected chi connectivity index (χ2v) is 6.75. The first-order chi connectivity index (χ1) is 14.4. The van der Waals surface area contributed by atoms with Gasteiger partial charge in [0.15, 0.2) is 5.82 Å². The Morgan fingerprint density at radius 2 is 1.93 bits per heavy atom. The zero-order chi connectivity index (χ0) is 21.5. The predicted octanol–water partition coefficient (Wildman–Crippen LogP) is 3.15. The molecular weight excluding hydrogens is 389 g/mol. The summed E-state index contributed by atoms with van der Waals surface area (Å²) in [6.07, 6.45) is 0.293. The zero-order valence-corrected chi connectivity index (χ0v) is 16.7. The number of carbonyl (C=O) groups is 2. The molecule has 2 aromatic carbocycles. The highest BCUT2D eigenvalue weighted by Gasteiger charge is 2.16. The third-order valence-electron chi connectivity index (χ3n) is 4.40. The molecule has 9 heteroatoms. The number of carbonyl (C=O) groups excluding carboxylic acids is 2. The lowest BCUT2D eigenvalue weighted by atomic mass is 10.2. The van der Waals surface area contributed by atoms with Gasteiger partial charge in [0, 0.05) is 32.2 Å². The topological polar surface area (TPSA) is 100 Å². The Morgan fingerprint density at radius 3 is 2.67 bits per heavy atom. The molecule has 156 valence electrons. The van der Waals surface area contributed by atoms with Crippen molar-refractivity contribution in [2.45, 2.75) is 19.9 Å². The van der Waals surface area contributed by atoms with Gasteiger partial charge in [-0.15, -0.1) is 0 Å². The summed E-state index contributed by atoms with van der Waals surface area (Å²) < 4.78 is 18.6. The molecule has 0 radical (unpaired) electrons. The third-order valence-corrected chi connectivity index (χ3v) is 4.40. The molecule has 0 saturated carbocycles. The first-order valence-corrected chi connectivity index (χ1v) is 9.35. The van der Waals surface area contributed by atoms with Crippen LogP contribution in [0, 0.1) is 12.7 Å². The average Bonchev–Trinajstić information content (AvgIpc) is 3.23. The molecule has 3 amide bonds. The Labute approximate surface area is 173 Å². The van der Waals surface area contributed by atoms with Gasteiger partial charge in [0.05, 0.1) is 0 Å². The first-order valence-electron chi connectivity index (χ1n) is 9.35. The molecule has 0 fully saturated rings. The van der Waals surface area contributed by atoms with Gasteiger partial charge in [-0.2, -0.15) is 4.98 Å². The molecule has 0 saturated heterocycles. The van der Waals surface area contributed by atoms with Gasteiger partial charge in [0.25, 0.3) is 0 Å². The van der Waals surface area contributed by atoms with Crippen molar-refractivity contribution in [3.63, 3.8) is 0 Å². The summed E-state index contributed by atoms with van der Waals surface area (Å²) in [7, 11) is 1.59. The number of hydrogen-bond acceptors (Lipinski definition) is 5. The van der Waals surface area contributed by atoms with Crippen LogP contribution in [0.15, 0.2) is 53.1 Å². The van der Waals surface area contributed by atoms with Crippen LogP contribution in [-0.4, -0.2) is 40.6 Å². The Morgan fingerprint density at radius 1 is 1.17 bits per heavy atom. The average molecular weight is 411 g/mol. The minimum atomic E-state index is -0.468. The van der Waals surface area contributed by atoms with E-state index in [0.29, 0.717) is 30.0 Å². The molecule has 8 nitrogen and oxygen atoms in total. The molecule has 0 aliphatic rings. The highest BCUT2D eigenvalue weighted by Crippen LogP contribution is 2.14. The minimum Gasteiger partial charge on any atom is -0.344 e. The van der Waals surface area contributed by atoms with Crippen LogP contribution in [0.3, 0.4) is 0 Å². The van der Waals surface area contributed by atoms with Gasteiger partial charge in [-0.25, -0.2) is 9.18 Å². The number of aromatic nitrogens is 2. The van der Waals surface area contributed by atoms with E-state index < -0.39 is 11.9 Å². The number of rotatable bonds is 7. The SMILES string of the molecule is Cc1ccc(NC(=O)N(C)CCc2noc(C(=O)NCc3ccccc3)n2)cc1F. The van der Waals surface area contributed by atoms with Crippen molar-refractivity contribution in [2.24, 2.45) is 0 Å². The van der Waals surface area contributed by atoms with Crippen LogP contribution in [0.25, 0.3) is 0 Å².